The molecule has 2 unspecified atom stereocenters. The van der Waals surface area contributed by atoms with Gasteiger partial charge in [-0.2, -0.15) is 11.8 Å². The number of halogens is 1. The highest BCUT2D eigenvalue weighted by Crippen LogP contribution is 2.35. The first-order valence-corrected chi connectivity index (χ1v) is 8.69. The van der Waals surface area contributed by atoms with Gasteiger partial charge in [-0.05, 0) is 35.8 Å². The van der Waals surface area contributed by atoms with Gasteiger partial charge in [-0.15, -0.1) is 11.3 Å². The predicted molar refractivity (Wildman–Crippen MR) is 82.0 cm³/mol. The quantitative estimate of drug-likeness (QED) is 0.919. The van der Waals surface area contributed by atoms with Crippen molar-refractivity contribution >= 4 is 39.0 Å². The molecule has 96 valence electrons. The van der Waals surface area contributed by atoms with Gasteiger partial charge in [0.15, 0.2) is 0 Å². The summed E-state index contributed by atoms with van der Waals surface area (Å²) < 4.78 is 1.22. The zero-order chi connectivity index (χ0) is 12.4. The topological polar surface area (TPSA) is 29.3 Å². The minimum absolute atomic E-state index is 0.390. The molecule has 2 atom stereocenters. The number of nitrogens with two attached hydrogens (primary N) is 1. The van der Waals surface area contributed by atoms with E-state index in [1.807, 2.05) is 23.1 Å². The Balaban J connectivity index is 2.20. The van der Waals surface area contributed by atoms with Crippen LogP contribution in [0, 0.1) is 6.92 Å². The van der Waals surface area contributed by atoms with Gasteiger partial charge in [0, 0.05) is 44.9 Å². The van der Waals surface area contributed by atoms with Gasteiger partial charge in [0.05, 0.1) is 6.04 Å². The fourth-order valence-electron chi connectivity index (χ4n) is 2.26. The minimum Gasteiger partial charge on any atom is -0.329 e. The summed E-state index contributed by atoms with van der Waals surface area (Å²) in [6.07, 6.45) is 0. The van der Waals surface area contributed by atoms with Crippen molar-refractivity contribution in [1.29, 1.82) is 0 Å². The summed E-state index contributed by atoms with van der Waals surface area (Å²) in [5.74, 6) is 2.45. The van der Waals surface area contributed by atoms with Crippen molar-refractivity contribution in [3.05, 3.63) is 20.3 Å². The van der Waals surface area contributed by atoms with Crippen LogP contribution in [0.5, 0.6) is 0 Å². The predicted octanol–water partition coefficient (Wildman–Crippen LogP) is 3.26. The van der Waals surface area contributed by atoms with E-state index >= 15 is 0 Å². The zero-order valence-electron chi connectivity index (χ0n) is 10.3. The average Bonchev–Trinajstić information content (AvgIpc) is 2.63. The van der Waals surface area contributed by atoms with E-state index < -0.39 is 0 Å². The Morgan fingerprint density at radius 1 is 1.65 bits per heavy atom. The third kappa shape index (κ3) is 3.07. The van der Waals surface area contributed by atoms with E-state index in [2.05, 4.69) is 40.7 Å². The molecule has 0 radical (unpaired) electrons. The number of thiophene rings is 1. The molecule has 2 nitrogen and oxygen atoms in total. The van der Waals surface area contributed by atoms with Gasteiger partial charge in [0.25, 0.3) is 0 Å². The van der Waals surface area contributed by atoms with E-state index in [-0.39, 0.29) is 0 Å². The molecule has 1 aromatic heterocycles. The normalized spacial score (nSPS) is 23.9. The number of aryl methyl sites for hydroxylation is 1. The fraction of sp³-hybridized carbons (Fsp3) is 0.667. The van der Waals surface area contributed by atoms with Crippen molar-refractivity contribution in [2.75, 3.05) is 24.6 Å². The lowest BCUT2D eigenvalue weighted by atomic mass is 10.1. The standard InChI is InChI=1S/C12H19BrN2S2/c1-8-7-16-4-3-15(8)11(6-14)12-5-10(13)9(2)17-12/h5,8,11H,3-4,6-7,14H2,1-2H3. The Morgan fingerprint density at radius 2 is 2.41 bits per heavy atom. The molecule has 0 saturated carbocycles. The Hall–Kier alpha value is 0.450. The third-order valence-corrected chi connectivity index (χ3v) is 6.67. The first-order chi connectivity index (χ1) is 8.13. The van der Waals surface area contributed by atoms with E-state index in [1.165, 1.54) is 25.7 Å². The number of nitrogens with zero attached hydrogens (tertiary/aromatic N) is 1. The van der Waals surface area contributed by atoms with Crippen LogP contribution in [0.1, 0.15) is 22.7 Å². The van der Waals surface area contributed by atoms with Crippen LogP contribution in [-0.4, -0.2) is 35.5 Å². The summed E-state index contributed by atoms with van der Waals surface area (Å²) in [5.41, 5.74) is 6.00. The smallest absolute Gasteiger partial charge is 0.0567 e. The fourth-order valence-corrected chi connectivity index (χ4v) is 5.00. The monoisotopic (exact) mass is 334 g/mol. The molecule has 0 bridgehead atoms. The van der Waals surface area contributed by atoms with Gasteiger partial charge in [-0.3, -0.25) is 4.90 Å². The van der Waals surface area contributed by atoms with Gasteiger partial charge >= 0.3 is 0 Å². The lowest BCUT2D eigenvalue weighted by molar-refractivity contribution is 0.168. The Bertz CT molecular complexity index is 361. The van der Waals surface area contributed by atoms with Crippen LogP contribution in [0.15, 0.2) is 10.5 Å². The second kappa shape index (κ2) is 6.06. The van der Waals surface area contributed by atoms with Gasteiger partial charge in [-0.1, -0.05) is 0 Å². The van der Waals surface area contributed by atoms with Crippen LogP contribution in [0.2, 0.25) is 0 Å². The lowest BCUT2D eigenvalue weighted by Crippen LogP contribution is -2.44. The highest BCUT2D eigenvalue weighted by Gasteiger charge is 2.27. The van der Waals surface area contributed by atoms with Crippen molar-refractivity contribution in [3.8, 4) is 0 Å². The van der Waals surface area contributed by atoms with E-state index in [9.17, 15) is 0 Å². The van der Waals surface area contributed by atoms with Gasteiger partial charge in [0.1, 0.15) is 0 Å². The van der Waals surface area contributed by atoms with Crippen molar-refractivity contribution in [2.45, 2.75) is 25.9 Å². The van der Waals surface area contributed by atoms with E-state index in [1.54, 1.807) is 0 Å². The maximum Gasteiger partial charge on any atom is 0.0567 e. The van der Waals surface area contributed by atoms with Gasteiger partial charge in [-0.25, -0.2) is 0 Å². The van der Waals surface area contributed by atoms with E-state index in [4.69, 9.17) is 5.73 Å². The molecule has 1 aliphatic heterocycles. The maximum absolute atomic E-state index is 6.00. The van der Waals surface area contributed by atoms with Gasteiger partial charge in [0.2, 0.25) is 0 Å². The highest BCUT2D eigenvalue weighted by molar-refractivity contribution is 9.10. The molecule has 1 fully saturated rings. The molecule has 0 amide bonds. The molecular weight excluding hydrogens is 316 g/mol. The Labute approximate surface area is 120 Å². The molecular formula is C12H19BrN2S2. The molecule has 1 saturated heterocycles. The summed E-state index contributed by atoms with van der Waals surface area (Å²) in [4.78, 5) is 5.31. The Morgan fingerprint density at radius 3 is 2.94 bits per heavy atom. The highest BCUT2D eigenvalue weighted by atomic mass is 79.9. The van der Waals surface area contributed by atoms with Crippen LogP contribution in [-0.2, 0) is 0 Å². The third-order valence-electron chi connectivity index (χ3n) is 3.25. The first kappa shape index (κ1) is 13.9. The molecule has 2 rings (SSSR count). The SMILES string of the molecule is Cc1sc(C(CN)N2CCSCC2C)cc1Br. The first-order valence-electron chi connectivity index (χ1n) is 5.93. The van der Waals surface area contributed by atoms with Crippen LogP contribution in [0.4, 0.5) is 0 Å². The number of hydrogen-bond acceptors (Lipinski definition) is 4. The molecule has 1 aliphatic rings. The van der Waals surface area contributed by atoms with Crippen LogP contribution >= 0.6 is 39.0 Å². The van der Waals surface area contributed by atoms with Crippen LogP contribution in [0.25, 0.3) is 0 Å². The molecule has 0 aromatic carbocycles. The van der Waals surface area contributed by atoms with Crippen LogP contribution in [0.3, 0.4) is 0 Å². The summed E-state index contributed by atoms with van der Waals surface area (Å²) in [7, 11) is 0. The largest absolute Gasteiger partial charge is 0.329 e. The van der Waals surface area contributed by atoms with E-state index in [0.717, 1.165) is 6.54 Å². The molecule has 17 heavy (non-hydrogen) atoms. The molecule has 2 heterocycles. The molecule has 5 heteroatoms. The number of thioether (sulfide) groups is 1. The van der Waals surface area contributed by atoms with Crippen molar-refractivity contribution in [3.63, 3.8) is 0 Å². The van der Waals surface area contributed by atoms with Crippen molar-refractivity contribution in [1.82, 2.24) is 4.90 Å². The molecule has 0 spiro atoms. The van der Waals surface area contributed by atoms with Crippen molar-refractivity contribution < 1.29 is 0 Å². The Kier molecular flexibility index (Phi) is 4.95. The second-order valence-corrected chi connectivity index (χ2v) is 7.76. The zero-order valence-corrected chi connectivity index (χ0v) is 13.5. The molecule has 1 aromatic rings. The summed E-state index contributed by atoms with van der Waals surface area (Å²) in [5, 5.41) is 0. The molecule has 0 aliphatic carbocycles. The summed E-state index contributed by atoms with van der Waals surface area (Å²) in [6.45, 7) is 6.33. The van der Waals surface area contributed by atoms with Crippen LogP contribution < -0.4 is 5.73 Å². The number of hydrogen-bond donors (Lipinski definition) is 1. The van der Waals surface area contributed by atoms with E-state index in [0.29, 0.717) is 18.6 Å². The lowest BCUT2D eigenvalue weighted by Gasteiger charge is -2.38. The van der Waals surface area contributed by atoms with Gasteiger partial charge < -0.3 is 5.73 Å². The van der Waals surface area contributed by atoms with Crippen molar-refractivity contribution in [2.24, 2.45) is 5.73 Å². The molecule has 2 N–H and O–H groups in total. The summed E-state index contributed by atoms with van der Waals surface area (Å²) >= 11 is 7.52. The number of rotatable bonds is 3. The summed E-state index contributed by atoms with van der Waals surface area (Å²) in [6, 6.07) is 3.26. The average molecular weight is 335 g/mol. The second-order valence-electron chi connectivity index (χ2n) is 4.47. The maximum atomic E-state index is 6.00. The minimum atomic E-state index is 0.390.